The van der Waals surface area contributed by atoms with E-state index in [1.54, 1.807) is 0 Å². The second-order valence-corrected chi connectivity index (χ2v) is 7.12. The van der Waals surface area contributed by atoms with Gasteiger partial charge in [-0.3, -0.25) is 14.9 Å². The highest BCUT2D eigenvalue weighted by Gasteiger charge is 2.26. The Morgan fingerprint density at radius 1 is 1.15 bits per heavy atom. The number of nitrogens with zero attached hydrogens (tertiary/aromatic N) is 1. The number of carbonyl (C=O) groups excluding carboxylic acids is 2. The van der Waals surface area contributed by atoms with E-state index >= 15 is 0 Å². The molecule has 2 aliphatic rings. The predicted octanol–water partition coefficient (Wildman–Crippen LogP) is 1.35. The molecule has 1 aromatic rings. The maximum atomic E-state index is 11.8. The predicted molar refractivity (Wildman–Crippen MR) is 101 cm³/mol. The van der Waals surface area contributed by atoms with Crippen LogP contribution in [0.15, 0.2) is 24.3 Å². The molecule has 0 aromatic heterocycles. The number of rotatable bonds is 6. The highest BCUT2D eigenvalue weighted by atomic mass is 16.4. The van der Waals surface area contributed by atoms with Gasteiger partial charge in [-0.1, -0.05) is 12.1 Å². The zero-order chi connectivity index (χ0) is 19.2. The standard InChI is InChI=1S/C19H26N4O4/c24-17-6-5-16(18(25)22-17)21-15-3-1-13(2-4-15)14-7-10-23(11-8-14)12-9-20-19(26)27/h1-4,14,16,20-21H,5-12H2,(H,26,27)(H,22,24,25). The van der Waals surface area contributed by atoms with Crippen LogP contribution >= 0.6 is 0 Å². The van der Waals surface area contributed by atoms with Crippen molar-refractivity contribution in [2.75, 3.05) is 31.5 Å². The SMILES string of the molecule is O=C(O)NCCN1CCC(c2ccc(NC3CCC(=O)NC3=O)cc2)CC1. The quantitative estimate of drug-likeness (QED) is 0.560. The number of amides is 3. The van der Waals surface area contributed by atoms with E-state index in [1.165, 1.54) is 5.56 Å². The van der Waals surface area contributed by atoms with Crippen LogP contribution in [-0.2, 0) is 9.59 Å². The molecule has 1 unspecified atom stereocenters. The van der Waals surface area contributed by atoms with Crippen LogP contribution in [0.4, 0.5) is 10.5 Å². The van der Waals surface area contributed by atoms with Crippen molar-refractivity contribution in [3.63, 3.8) is 0 Å². The maximum absolute atomic E-state index is 11.8. The van der Waals surface area contributed by atoms with Gasteiger partial charge in [0.1, 0.15) is 6.04 Å². The summed E-state index contributed by atoms with van der Waals surface area (Å²) in [6.45, 7) is 3.12. The summed E-state index contributed by atoms with van der Waals surface area (Å²) in [6.07, 6.45) is 2.00. The van der Waals surface area contributed by atoms with Gasteiger partial charge in [0.05, 0.1) is 0 Å². The Hall–Kier alpha value is -2.61. The highest BCUT2D eigenvalue weighted by molar-refractivity contribution is 6.01. The Balaban J connectivity index is 1.46. The summed E-state index contributed by atoms with van der Waals surface area (Å²) in [5.74, 6) is 0.0249. The van der Waals surface area contributed by atoms with Crippen LogP contribution in [0.3, 0.4) is 0 Å². The first-order chi connectivity index (χ1) is 13.0. The zero-order valence-electron chi connectivity index (χ0n) is 15.2. The van der Waals surface area contributed by atoms with Crippen molar-refractivity contribution in [3.8, 4) is 0 Å². The van der Waals surface area contributed by atoms with Crippen molar-refractivity contribution in [3.05, 3.63) is 29.8 Å². The van der Waals surface area contributed by atoms with Gasteiger partial charge in [-0.15, -0.1) is 0 Å². The lowest BCUT2D eigenvalue weighted by molar-refractivity contribution is -0.133. The van der Waals surface area contributed by atoms with Crippen molar-refractivity contribution in [1.82, 2.24) is 15.5 Å². The smallest absolute Gasteiger partial charge is 0.404 e. The summed E-state index contributed by atoms with van der Waals surface area (Å²) in [5.41, 5.74) is 2.16. The van der Waals surface area contributed by atoms with Gasteiger partial charge in [-0.25, -0.2) is 4.79 Å². The van der Waals surface area contributed by atoms with Gasteiger partial charge in [-0.05, 0) is 56.0 Å². The number of nitrogens with one attached hydrogen (secondary N) is 3. The fourth-order valence-electron chi connectivity index (χ4n) is 3.69. The van der Waals surface area contributed by atoms with Crippen molar-refractivity contribution >= 4 is 23.6 Å². The van der Waals surface area contributed by atoms with Gasteiger partial charge in [0.15, 0.2) is 0 Å². The summed E-state index contributed by atoms with van der Waals surface area (Å²) in [4.78, 5) is 35.8. The minimum atomic E-state index is -0.976. The van der Waals surface area contributed by atoms with Gasteiger partial charge in [-0.2, -0.15) is 0 Å². The molecule has 0 bridgehead atoms. The number of likely N-dealkylation sites (tertiary alicyclic amines) is 1. The van der Waals surface area contributed by atoms with E-state index in [0.717, 1.165) is 38.2 Å². The molecule has 0 saturated carbocycles. The number of imide groups is 1. The molecule has 2 fully saturated rings. The third kappa shape index (κ3) is 5.43. The number of piperidine rings is 2. The second kappa shape index (κ2) is 8.85. The molecule has 0 aliphatic carbocycles. The summed E-state index contributed by atoms with van der Waals surface area (Å²) < 4.78 is 0. The largest absolute Gasteiger partial charge is 0.465 e. The summed E-state index contributed by atoms with van der Waals surface area (Å²) in [5, 5.41) is 16.6. The number of anilines is 1. The zero-order valence-corrected chi connectivity index (χ0v) is 15.2. The van der Waals surface area contributed by atoms with E-state index in [1.807, 2.05) is 12.1 Å². The van der Waals surface area contributed by atoms with Gasteiger partial charge in [0.25, 0.3) is 0 Å². The molecule has 8 heteroatoms. The topological polar surface area (TPSA) is 111 Å². The molecule has 3 rings (SSSR count). The van der Waals surface area contributed by atoms with Crippen LogP contribution in [-0.4, -0.2) is 60.1 Å². The molecule has 2 heterocycles. The first-order valence-corrected chi connectivity index (χ1v) is 9.40. The van der Waals surface area contributed by atoms with E-state index < -0.39 is 6.09 Å². The van der Waals surface area contributed by atoms with E-state index in [4.69, 9.17) is 5.11 Å². The number of hydrogen-bond acceptors (Lipinski definition) is 5. The molecule has 2 aliphatic heterocycles. The third-order valence-corrected chi connectivity index (χ3v) is 5.25. The van der Waals surface area contributed by atoms with Crippen molar-refractivity contribution < 1.29 is 19.5 Å². The van der Waals surface area contributed by atoms with Crippen LogP contribution in [0.2, 0.25) is 0 Å². The second-order valence-electron chi connectivity index (χ2n) is 7.12. The number of hydrogen-bond donors (Lipinski definition) is 4. The fraction of sp³-hybridized carbons (Fsp3) is 0.526. The average molecular weight is 374 g/mol. The lowest BCUT2D eigenvalue weighted by atomic mass is 9.89. The molecule has 0 radical (unpaired) electrons. The summed E-state index contributed by atoms with van der Waals surface area (Å²) >= 11 is 0. The monoisotopic (exact) mass is 374 g/mol. The molecule has 1 atom stereocenters. The molecule has 0 spiro atoms. The van der Waals surface area contributed by atoms with Crippen LogP contribution in [0.1, 0.15) is 37.2 Å². The summed E-state index contributed by atoms with van der Waals surface area (Å²) in [6, 6.07) is 7.81. The minimum Gasteiger partial charge on any atom is -0.465 e. The summed E-state index contributed by atoms with van der Waals surface area (Å²) in [7, 11) is 0. The number of carbonyl (C=O) groups is 3. The number of benzene rings is 1. The molecule has 8 nitrogen and oxygen atoms in total. The molecule has 3 amide bonds. The first kappa shape index (κ1) is 19.2. The van der Waals surface area contributed by atoms with Crippen molar-refractivity contribution in [2.45, 2.75) is 37.6 Å². The molecular formula is C19H26N4O4. The molecule has 27 heavy (non-hydrogen) atoms. The Labute approximate surface area is 158 Å². The third-order valence-electron chi connectivity index (χ3n) is 5.25. The molecule has 146 valence electrons. The maximum Gasteiger partial charge on any atom is 0.404 e. The Kier molecular flexibility index (Phi) is 6.28. The minimum absolute atomic E-state index is 0.210. The van der Waals surface area contributed by atoms with Crippen molar-refractivity contribution in [2.24, 2.45) is 0 Å². The lowest BCUT2D eigenvalue weighted by Crippen LogP contribution is -2.47. The van der Waals surface area contributed by atoms with Gasteiger partial charge < -0.3 is 20.6 Å². The van der Waals surface area contributed by atoms with Crippen molar-refractivity contribution in [1.29, 1.82) is 0 Å². The van der Waals surface area contributed by atoms with Gasteiger partial charge in [0, 0.05) is 25.2 Å². The molecule has 2 saturated heterocycles. The van der Waals surface area contributed by atoms with Crippen LogP contribution in [0.25, 0.3) is 0 Å². The van der Waals surface area contributed by atoms with E-state index in [9.17, 15) is 14.4 Å². The number of carboxylic acid groups (broad SMARTS) is 1. The molecular weight excluding hydrogens is 348 g/mol. The first-order valence-electron chi connectivity index (χ1n) is 9.40. The molecule has 1 aromatic carbocycles. The van der Waals surface area contributed by atoms with E-state index in [2.05, 4.69) is 33.0 Å². The van der Waals surface area contributed by atoms with Crippen LogP contribution in [0.5, 0.6) is 0 Å². The van der Waals surface area contributed by atoms with E-state index in [0.29, 0.717) is 25.3 Å². The van der Waals surface area contributed by atoms with E-state index in [-0.39, 0.29) is 17.9 Å². The Morgan fingerprint density at radius 2 is 1.85 bits per heavy atom. The fourth-order valence-corrected chi connectivity index (χ4v) is 3.69. The average Bonchev–Trinajstić information content (AvgIpc) is 2.65. The van der Waals surface area contributed by atoms with Gasteiger partial charge in [0.2, 0.25) is 11.8 Å². The van der Waals surface area contributed by atoms with Crippen LogP contribution < -0.4 is 16.0 Å². The van der Waals surface area contributed by atoms with Crippen LogP contribution in [0, 0.1) is 0 Å². The molecule has 4 N–H and O–H groups in total. The van der Waals surface area contributed by atoms with Gasteiger partial charge >= 0.3 is 6.09 Å². The highest BCUT2D eigenvalue weighted by Crippen LogP contribution is 2.29. The Bertz CT molecular complexity index is 683. The normalized spacial score (nSPS) is 21.6. The Morgan fingerprint density at radius 3 is 2.48 bits per heavy atom. The lowest BCUT2D eigenvalue weighted by Gasteiger charge is -2.32.